The highest BCUT2D eigenvalue weighted by Gasteiger charge is 2.25. The van der Waals surface area contributed by atoms with E-state index in [1.165, 1.54) is 6.07 Å². The van der Waals surface area contributed by atoms with Gasteiger partial charge in [-0.1, -0.05) is 24.3 Å². The number of aromatic nitrogens is 1. The van der Waals surface area contributed by atoms with Crippen LogP contribution in [-0.4, -0.2) is 40.5 Å². The molecule has 154 valence electrons. The minimum absolute atomic E-state index is 0. The van der Waals surface area contributed by atoms with E-state index in [2.05, 4.69) is 10.3 Å². The summed E-state index contributed by atoms with van der Waals surface area (Å²) in [6.45, 7) is 2.03. The Morgan fingerprint density at radius 2 is 1.97 bits per heavy atom. The minimum Gasteiger partial charge on any atom is -0.464 e. The van der Waals surface area contributed by atoms with Crippen molar-refractivity contribution < 1.29 is 14.5 Å². The number of nitro groups is 1. The average molecular weight is 436 g/mol. The number of hydrogen-bond acceptors (Lipinski definition) is 7. The molecule has 3 rings (SSSR count). The number of fused-ring (bicyclic) bond motifs is 2. The quantitative estimate of drug-likeness (QED) is 0.234. The van der Waals surface area contributed by atoms with E-state index in [0.29, 0.717) is 28.5 Å². The number of hydrogen-bond donors (Lipinski definition) is 1. The normalized spacial score (nSPS) is 11.7. The summed E-state index contributed by atoms with van der Waals surface area (Å²) in [5.41, 5.74) is 1.69. The lowest BCUT2D eigenvalue weighted by Gasteiger charge is -2.20. The summed E-state index contributed by atoms with van der Waals surface area (Å²) in [6, 6.07) is 11.6. The van der Waals surface area contributed by atoms with Gasteiger partial charge in [-0.15, -0.1) is 12.4 Å². The summed E-state index contributed by atoms with van der Waals surface area (Å²) >= 11 is 1.62. The number of para-hydroxylation sites is 1. The lowest BCUT2D eigenvalue weighted by molar-refractivity contribution is -0.383. The number of rotatable bonds is 8. The number of halogens is 1. The Balaban J connectivity index is 0.00000300. The molecular formula is C20H22ClN3O4S. The zero-order chi connectivity index (χ0) is 20.1. The van der Waals surface area contributed by atoms with Crippen LogP contribution in [0.5, 0.6) is 0 Å². The number of ether oxygens (including phenoxy) is 1. The molecule has 29 heavy (non-hydrogen) atoms. The fourth-order valence-electron chi connectivity index (χ4n) is 3.13. The Morgan fingerprint density at radius 1 is 1.24 bits per heavy atom. The second-order valence-electron chi connectivity index (χ2n) is 6.16. The molecule has 0 spiro atoms. The van der Waals surface area contributed by atoms with Gasteiger partial charge in [-0.2, -0.15) is 11.8 Å². The molecule has 1 heterocycles. The smallest absolute Gasteiger partial charge is 0.328 e. The van der Waals surface area contributed by atoms with E-state index in [1.54, 1.807) is 30.8 Å². The van der Waals surface area contributed by atoms with Gasteiger partial charge in [0.25, 0.3) is 5.69 Å². The summed E-state index contributed by atoms with van der Waals surface area (Å²) in [7, 11) is 0. The molecule has 2 aromatic carbocycles. The number of thioether (sulfide) groups is 1. The molecule has 3 aromatic rings. The highest BCUT2D eigenvalue weighted by Crippen LogP contribution is 2.37. The van der Waals surface area contributed by atoms with E-state index < -0.39 is 11.0 Å². The highest BCUT2D eigenvalue weighted by molar-refractivity contribution is 7.98. The van der Waals surface area contributed by atoms with Crippen LogP contribution in [0.4, 0.5) is 11.4 Å². The summed E-state index contributed by atoms with van der Waals surface area (Å²) in [5, 5.41) is 16.0. The number of carbonyl (C=O) groups is 1. The van der Waals surface area contributed by atoms with E-state index in [4.69, 9.17) is 4.74 Å². The van der Waals surface area contributed by atoms with Gasteiger partial charge >= 0.3 is 5.97 Å². The molecule has 1 aromatic heterocycles. The Hall–Kier alpha value is -2.58. The first-order valence-electron chi connectivity index (χ1n) is 8.94. The van der Waals surface area contributed by atoms with Crippen LogP contribution in [0.15, 0.2) is 42.5 Å². The maximum absolute atomic E-state index is 12.5. The zero-order valence-electron chi connectivity index (χ0n) is 16.1. The second kappa shape index (κ2) is 10.3. The summed E-state index contributed by atoms with van der Waals surface area (Å²) in [4.78, 5) is 28.3. The number of pyridine rings is 1. The maximum atomic E-state index is 12.5. The van der Waals surface area contributed by atoms with Crippen LogP contribution < -0.4 is 5.32 Å². The van der Waals surface area contributed by atoms with Crippen LogP contribution in [0, 0.1) is 10.1 Å². The van der Waals surface area contributed by atoms with E-state index in [-0.39, 0.29) is 30.7 Å². The maximum Gasteiger partial charge on any atom is 0.328 e. The van der Waals surface area contributed by atoms with Crippen molar-refractivity contribution in [3.63, 3.8) is 0 Å². The molecule has 0 aliphatic rings. The fraction of sp³-hybridized carbons (Fsp3) is 0.300. The number of carbonyl (C=O) groups excluding carboxylic acids is 1. The summed E-state index contributed by atoms with van der Waals surface area (Å²) < 4.78 is 5.21. The van der Waals surface area contributed by atoms with Crippen molar-refractivity contribution in [2.75, 3.05) is 23.9 Å². The molecule has 0 bridgehead atoms. The van der Waals surface area contributed by atoms with Crippen molar-refractivity contribution in [1.29, 1.82) is 0 Å². The first kappa shape index (κ1) is 22.7. The first-order valence-corrected chi connectivity index (χ1v) is 10.3. The van der Waals surface area contributed by atoms with Gasteiger partial charge < -0.3 is 10.1 Å². The van der Waals surface area contributed by atoms with Gasteiger partial charge in [0.2, 0.25) is 0 Å². The number of benzene rings is 2. The third-order valence-electron chi connectivity index (χ3n) is 4.38. The predicted octanol–water partition coefficient (Wildman–Crippen LogP) is 4.81. The van der Waals surface area contributed by atoms with Crippen molar-refractivity contribution in [1.82, 2.24) is 4.98 Å². The first-order chi connectivity index (χ1) is 13.6. The second-order valence-corrected chi connectivity index (χ2v) is 7.15. The van der Waals surface area contributed by atoms with Crippen LogP contribution in [0.1, 0.15) is 13.3 Å². The van der Waals surface area contributed by atoms with Crippen molar-refractivity contribution in [3.8, 4) is 0 Å². The van der Waals surface area contributed by atoms with Crippen molar-refractivity contribution >= 4 is 63.3 Å². The number of esters is 1. The molecule has 0 saturated heterocycles. The van der Waals surface area contributed by atoms with E-state index in [1.807, 2.05) is 30.5 Å². The monoisotopic (exact) mass is 435 g/mol. The topological polar surface area (TPSA) is 94.4 Å². The Bertz CT molecular complexity index is 1030. The predicted molar refractivity (Wildman–Crippen MR) is 120 cm³/mol. The average Bonchev–Trinajstić information content (AvgIpc) is 2.69. The van der Waals surface area contributed by atoms with Gasteiger partial charge in [-0.25, -0.2) is 9.78 Å². The standard InChI is InChI=1S/C20H21N3O4S.ClH/c1-3-27-20(24)16(11-12-28-2)22-19-13-7-4-5-8-14(13)21-15-9-6-10-17(18(15)19)23(25)26;/h4-10,16H,3,11-12H2,1-2H3,(H,21,22);1H. The SMILES string of the molecule is CCOC(=O)C(CCSC)Nc1c2ccccc2nc2cccc([N+](=O)[O-])c12.Cl. The molecular weight excluding hydrogens is 414 g/mol. The highest BCUT2D eigenvalue weighted by atomic mass is 35.5. The fourth-order valence-corrected chi connectivity index (χ4v) is 3.60. The van der Waals surface area contributed by atoms with Crippen LogP contribution in [0.2, 0.25) is 0 Å². The van der Waals surface area contributed by atoms with E-state index in [0.717, 1.165) is 11.1 Å². The Kier molecular flexibility index (Phi) is 8.04. The van der Waals surface area contributed by atoms with Gasteiger partial charge in [0.05, 0.1) is 28.3 Å². The van der Waals surface area contributed by atoms with Gasteiger partial charge in [0.1, 0.15) is 11.4 Å². The molecule has 1 unspecified atom stereocenters. The minimum atomic E-state index is -0.610. The Morgan fingerprint density at radius 3 is 2.66 bits per heavy atom. The number of anilines is 1. The summed E-state index contributed by atoms with van der Waals surface area (Å²) in [5.74, 6) is 0.378. The number of nitrogens with one attached hydrogen (secondary N) is 1. The molecule has 0 amide bonds. The van der Waals surface area contributed by atoms with Crippen LogP contribution in [0.25, 0.3) is 21.8 Å². The molecule has 0 saturated carbocycles. The van der Waals surface area contributed by atoms with Crippen LogP contribution in [-0.2, 0) is 9.53 Å². The van der Waals surface area contributed by atoms with Crippen molar-refractivity contribution in [2.24, 2.45) is 0 Å². The van der Waals surface area contributed by atoms with Crippen molar-refractivity contribution in [3.05, 3.63) is 52.6 Å². The lowest BCUT2D eigenvalue weighted by atomic mass is 10.0. The molecule has 1 atom stereocenters. The van der Waals surface area contributed by atoms with Crippen molar-refractivity contribution in [2.45, 2.75) is 19.4 Å². The molecule has 0 aliphatic heterocycles. The van der Waals surface area contributed by atoms with Gasteiger partial charge in [0.15, 0.2) is 0 Å². The Labute approximate surface area is 178 Å². The summed E-state index contributed by atoms with van der Waals surface area (Å²) in [6.07, 6.45) is 2.50. The number of non-ortho nitro benzene ring substituents is 1. The molecule has 7 nitrogen and oxygen atoms in total. The van der Waals surface area contributed by atoms with Gasteiger partial charge in [-0.3, -0.25) is 10.1 Å². The van der Waals surface area contributed by atoms with E-state index >= 15 is 0 Å². The molecule has 0 radical (unpaired) electrons. The largest absolute Gasteiger partial charge is 0.464 e. The van der Waals surface area contributed by atoms with Gasteiger partial charge in [0, 0.05) is 11.5 Å². The van der Waals surface area contributed by atoms with E-state index in [9.17, 15) is 14.9 Å². The lowest BCUT2D eigenvalue weighted by Crippen LogP contribution is -2.32. The number of nitrogens with zero attached hydrogens (tertiary/aromatic N) is 2. The van der Waals surface area contributed by atoms with Crippen LogP contribution >= 0.6 is 24.2 Å². The third-order valence-corrected chi connectivity index (χ3v) is 5.03. The van der Waals surface area contributed by atoms with Crippen LogP contribution in [0.3, 0.4) is 0 Å². The third kappa shape index (κ3) is 4.89. The number of nitro benzene ring substituents is 1. The zero-order valence-corrected chi connectivity index (χ0v) is 17.7. The molecule has 0 aliphatic carbocycles. The van der Waals surface area contributed by atoms with Gasteiger partial charge in [-0.05, 0) is 37.5 Å². The molecule has 1 N–H and O–H groups in total. The molecule has 0 fully saturated rings. The molecule has 9 heteroatoms.